The molecule has 19 heavy (non-hydrogen) atoms. The SMILES string of the molecule is Cc1ccc(-c2nc(CN(C)CC(C)C#N)cs2)o1. The molecule has 1 unspecified atom stereocenters. The van der Waals surface area contributed by atoms with E-state index >= 15 is 0 Å². The van der Waals surface area contributed by atoms with Crippen molar-refractivity contribution in [3.8, 4) is 16.8 Å². The molecule has 5 heteroatoms. The second-order valence-electron chi connectivity index (χ2n) is 4.78. The van der Waals surface area contributed by atoms with Crippen molar-refractivity contribution in [2.75, 3.05) is 13.6 Å². The van der Waals surface area contributed by atoms with Gasteiger partial charge in [0.05, 0.1) is 17.7 Å². The van der Waals surface area contributed by atoms with Gasteiger partial charge in [0.15, 0.2) is 10.8 Å². The van der Waals surface area contributed by atoms with Crippen molar-refractivity contribution in [3.63, 3.8) is 0 Å². The van der Waals surface area contributed by atoms with E-state index in [1.807, 2.05) is 38.4 Å². The van der Waals surface area contributed by atoms with Crippen LogP contribution in [0.25, 0.3) is 10.8 Å². The summed E-state index contributed by atoms with van der Waals surface area (Å²) < 4.78 is 5.56. The third-order valence-electron chi connectivity index (χ3n) is 2.74. The first-order valence-electron chi connectivity index (χ1n) is 6.18. The van der Waals surface area contributed by atoms with E-state index in [9.17, 15) is 0 Å². The number of hydrogen-bond donors (Lipinski definition) is 0. The summed E-state index contributed by atoms with van der Waals surface area (Å²) in [5.41, 5.74) is 1.02. The first kappa shape index (κ1) is 13.8. The molecular weight excluding hydrogens is 258 g/mol. The Kier molecular flexibility index (Phi) is 4.35. The van der Waals surface area contributed by atoms with E-state index in [1.54, 1.807) is 11.3 Å². The van der Waals surface area contributed by atoms with E-state index in [0.29, 0.717) is 0 Å². The van der Waals surface area contributed by atoms with Gasteiger partial charge in [0, 0.05) is 18.5 Å². The molecule has 4 nitrogen and oxygen atoms in total. The maximum Gasteiger partial charge on any atom is 0.162 e. The van der Waals surface area contributed by atoms with Gasteiger partial charge in [-0.3, -0.25) is 4.90 Å². The van der Waals surface area contributed by atoms with Crippen LogP contribution in [0.5, 0.6) is 0 Å². The molecule has 0 saturated heterocycles. The van der Waals surface area contributed by atoms with Crippen LogP contribution in [0.4, 0.5) is 0 Å². The lowest BCUT2D eigenvalue weighted by Gasteiger charge is -2.15. The molecule has 0 aliphatic rings. The lowest BCUT2D eigenvalue weighted by molar-refractivity contribution is 0.300. The Morgan fingerprint density at radius 3 is 2.95 bits per heavy atom. The number of nitriles is 1. The third kappa shape index (κ3) is 3.66. The molecule has 100 valence electrons. The summed E-state index contributed by atoms with van der Waals surface area (Å²) in [4.78, 5) is 6.68. The zero-order valence-corrected chi connectivity index (χ0v) is 12.2. The fourth-order valence-corrected chi connectivity index (χ4v) is 2.66. The molecule has 2 aromatic rings. The number of thiazole rings is 1. The number of nitrogens with zero attached hydrogens (tertiary/aromatic N) is 3. The molecular formula is C14H17N3OS. The first-order valence-corrected chi connectivity index (χ1v) is 7.06. The average molecular weight is 275 g/mol. The van der Waals surface area contributed by atoms with Gasteiger partial charge in [0.1, 0.15) is 5.76 Å². The van der Waals surface area contributed by atoms with Crippen LogP contribution in [0.15, 0.2) is 21.9 Å². The van der Waals surface area contributed by atoms with Gasteiger partial charge in [-0.15, -0.1) is 11.3 Å². The number of aromatic nitrogens is 1. The molecule has 0 spiro atoms. The minimum Gasteiger partial charge on any atom is -0.459 e. The van der Waals surface area contributed by atoms with Crippen molar-refractivity contribution < 1.29 is 4.42 Å². The highest BCUT2D eigenvalue weighted by molar-refractivity contribution is 7.13. The molecule has 0 fully saturated rings. The normalized spacial score (nSPS) is 12.6. The quantitative estimate of drug-likeness (QED) is 0.840. The Hall–Kier alpha value is -1.64. The van der Waals surface area contributed by atoms with Gasteiger partial charge in [0.2, 0.25) is 0 Å². The van der Waals surface area contributed by atoms with Crippen molar-refractivity contribution in [1.29, 1.82) is 5.26 Å². The molecule has 0 saturated carbocycles. The summed E-state index contributed by atoms with van der Waals surface area (Å²) in [5.74, 6) is 1.75. The molecule has 2 aromatic heterocycles. The lowest BCUT2D eigenvalue weighted by Crippen LogP contribution is -2.23. The highest BCUT2D eigenvalue weighted by Crippen LogP contribution is 2.25. The molecule has 0 aromatic carbocycles. The van der Waals surface area contributed by atoms with Gasteiger partial charge in [-0.25, -0.2) is 4.98 Å². The van der Waals surface area contributed by atoms with Gasteiger partial charge in [-0.1, -0.05) is 0 Å². The minimum absolute atomic E-state index is 0.0378. The standard InChI is InChI=1S/C14H17N3OS/c1-10(6-15)7-17(3)8-12-9-19-14(16-12)13-5-4-11(2)18-13/h4-5,9-10H,7-8H2,1-3H3. The number of furan rings is 1. The zero-order valence-electron chi connectivity index (χ0n) is 11.4. The molecule has 1 atom stereocenters. The smallest absolute Gasteiger partial charge is 0.162 e. The molecule has 2 heterocycles. The van der Waals surface area contributed by atoms with Crippen molar-refractivity contribution in [3.05, 3.63) is 29.0 Å². The molecule has 0 radical (unpaired) electrons. The van der Waals surface area contributed by atoms with Gasteiger partial charge in [-0.05, 0) is 33.0 Å². The fraction of sp³-hybridized carbons (Fsp3) is 0.429. The van der Waals surface area contributed by atoms with Crippen LogP contribution in [-0.2, 0) is 6.54 Å². The first-order chi connectivity index (χ1) is 9.08. The van der Waals surface area contributed by atoms with E-state index in [0.717, 1.165) is 35.3 Å². The van der Waals surface area contributed by atoms with Crippen LogP contribution in [0.3, 0.4) is 0 Å². The van der Waals surface area contributed by atoms with Gasteiger partial charge in [0.25, 0.3) is 0 Å². The summed E-state index contributed by atoms with van der Waals surface area (Å²) in [6.07, 6.45) is 0. The van der Waals surface area contributed by atoms with E-state index in [4.69, 9.17) is 9.68 Å². The molecule has 0 N–H and O–H groups in total. The second-order valence-corrected chi connectivity index (χ2v) is 5.64. The number of hydrogen-bond acceptors (Lipinski definition) is 5. The Bertz CT molecular complexity index is 582. The van der Waals surface area contributed by atoms with Gasteiger partial charge >= 0.3 is 0 Å². The van der Waals surface area contributed by atoms with Crippen LogP contribution >= 0.6 is 11.3 Å². The number of rotatable bonds is 5. The molecule has 2 rings (SSSR count). The maximum absolute atomic E-state index is 8.80. The van der Waals surface area contributed by atoms with E-state index in [2.05, 4.69) is 16.0 Å². The number of aryl methyl sites for hydroxylation is 1. The third-order valence-corrected chi connectivity index (χ3v) is 3.65. The Balaban J connectivity index is 2.00. The second kappa shape index (κ2) is 6.00. The average Bonchev–Trinajstić information content (AvgIpc) is 2.97. The van der Waals surface area contributed by atoms with E-state index in [-0.39, 0.29) is 5.92 Å². The zero-order chi connectivity index (χ0) is 13.8. The maximum atomic E-state index is 8.80. The van der Waals surface area contributed by atoms with Crippen LogP contribution in [-0.4, -0.2) is 23.5 Å². The molecule has 0 bridgehead atoms. The van der Waals surface area contributed by atoms with Crippen molar-refractivity contribution in [2.24, 2.45) is 5.92 Å². The largest absolute Gasteiger partial charge is 0.459 e. The summed E-state index contributed by atoms with van der Waals surface area (Å²) in [6, 6.07) is 6.13. The highest BCUT2D eigenvalue weighted by Gasteiger charge is 2.11. The van der Waals surface area contributed by atoms with Crippen LogP contribution in [0.2, 0.25) is 0 Å². The topological polar surface area (TPSA) is 53.1 Å². The Morgan fingerprint density at radius 2 is 2.32 bits per heavy atom. The fourth-order valence-electron chi connectivity index (χ4n) is 1.89. The summed E-state index contributed by atoms with van der Waals surface area (Å²) in [6.45, 7) is 5.36. The van der Waals surface area contributed by atoms with Crippen LogP contribution < -0.4 is 0 Å². The van der Waals surface area contributed by atoms with Crippen LogP contribution in [0.1, 0.15) is 18.4 Å². The minimum atomic E-state index is 0.0378. The van der Waals surface area contributed by atoms with Gasteiger partial charge < -0.3 is 4.42 Å². The molecule has 0 aliphatic carbocycles. The van der Waals surface area contributed by atoms with Crippen molar-refractivity contribution in [2.45, 2.75) is 20.4 Å². The summed E-state index contributed by atoms with van der Waals surface area (Å²) >= 11 is 1.59. The predicted octanol–water partition coefficient (Wildman–Crippen LogP) is 3.30. The van der Waals surface area contributed by atoms with Crippen molar-refractivity contribution >= 4 is 11.3 Å². The Labute approximate surface area is 117 Å². The summed E-state index contributed by atoms with van der Waals surface area (Å²) in [5, 5.41) is 11.8. The van der Waals surface area contributed by atoms with Crippen molar-refractivity contribution in [1.82, 2.24) is 9.88 Å². The van der Waals surface area contributed by atoms with E-state index in [1.165, 1.54) is 0 Å². The van der Waals surface area contributed by atoms with Crippen LogP contribution in [0, 0.1) is 24.2 Å². The summed E-state index contributed by atoms with van der Waals surface area (Å²) in [7, 11) is 2.00. The van der Waals surface area contributed by atoms with Gasteiger partial charge in [-0.2, -0.15) is 5.26 Å². The monoisotopic (exact) mass is 275 g/mol. The Morgan fingerprint density at radius 1 is 1.53 bits per heavy atom. The molecule has 0 aliphatic heterocycles. The highest BCUT2D eigenvalue weighted by atomic mass is 32.1. The lowest BCUT2D eigenvalue weighted by atomic mass is 10.2. The molecule has 0 amide bonds. The predicted molar refractivity (Wildman–Crippen MR) is 75.7 cm³/mol. The van der Waals surface area contributed by atoms with E-state index < -0.39 is 0 Å².